The lowest BCUT2D eigenvalue weighted by atomic mass is 9.84. The standard InChI is InChI=1S/C21H40N4O11.H2O4S/c1-25-12-15(30)18-11(33-20(12)36-21-14(29)10(27)2-6(5-26)32-21)4-9(24)19(35-18)34-17-8(23)3-7(22)13(28)16(17)31;1-5(2,3)4/h6-21,25-31H,2-5,22-24H2,1H3;(H2,1,2,3,4)/t6?,7-,8+,9-,10?,11+,12+,13+,14?,15-,16-,17-,18+,19+,20-,21?;/m1./s1. The van der Waals surface area contributed by atoms with Gasteiger partial charge < -0.3 is 76.8 Å². The first-order valence-corrected chi connectivity index (χ1v) is 14.4. The number of rotatable bonds is 6. The van der Waals surface area contributed by atoms with E-state index in [0.29, 0.717) is 0 Å². The smallest absolute Gasteiger partial charge is 0.394 e. The quantitative estimate of drug-likeness (QED) is 0.122. The predicted octanol–water partition coefficient (Wildman–Crippen LogP) is -6.54. The van der Waals surface area contributed by atoms with E-state index in [1.54, 1.807) is 7.05 Å². The second-order valence-corrected chi connectivity index (χ2v) is 11.4. The Morgan fingerprint density at radius 3 is 2.00 bits per heavy atom. The minimum atomic E-state index is -4.67. The topological polar surface area (TPSA) is 332 Å². The minimum absolute atomic E-state index is 0.0399. The summed E-state index contributed by atoms with van der Waals surface area (Å²) >= 11 is 0. The van der Waals surface area contributed by atoms with Crippen molar-refractivity contribution in [3.05, 3.63) is 0 Å². The Kier molecular flexibility index (Phi) is 12.2. The van der Waals surface area contributed by atoms with E-state index in [1.807, 2.05) is 0 Å². The molecule has 4 unspecified atom stereocenters. The fourth-order valence-corrected chi connectivity index (χ4v) is 5.37. The number of fused-ring (bicyclic) bond motifs is 1. The number of hydrogen-bond donors (Lipinski definition) is 12. The summed E-state index contributed by atoms with van der Waals surface area (Å²) in [5, 5.41) is 64.4. The van der Waals surface area contributed by atoms with Crippen LogP contribution in [0.5, 0.6) is 0 Å². The third-order valence-corrected chi connectivity index (χ3v) is 7.51. The van der Waals surface area contributed by atoms with Gasteiger partial charge in [-0.2, -0.15) is 8.42 Å². The SMILES string of the molecule is CN[C@@H]1[C@@H](OC2OC(CO)CC(O)C2O)O[C@H]2C[C@@H](N)[C@@H](O[C@H]3[C@H](O)[C@@H](O)[C@H](N)C[C@@H]3N)O[C@@H]2[C@@H]1O.O=S(=O)(O)O. The molecule has 20 heteroatoms. The molecule has 0 radical (unpaired) electrons. The van der Waals surface area contributed by atoms with Crippen molar-refractivity contribution in [1.29, 1.82) is 0 Å². The van der Waals surface area contributed by atoms with Crippen molar-refractivity contribution in [1.82, 2.24) is 5.32 Å². The molecule has 15 N–H and O–H groups in total. The van der Waals surface area contributed by atoms with Crippen LogP contribution in [0.2, 0.25) is 0 Å². The zero-order chi connectivity index (χ0) is 30.8. The number of nitrogens with one attached hydrogen (secondary N) is 1. The molecule has 0 spiro atoms. The van der Waals surface area contributed by atoms with Gasteiger partial charge in [0.1, 0.15) is 30.5 Å². The Balaban J connectivity index is 0.000000850. The van der Waals surface area contributed by atoms with Crippen LogP contribution in [0.1, 0.15) is 19.3 Å². The van der Waals surface area contributed by atoms with Crippen LogP contribution < -0.4 is 22.5 Å². The lowest BCUT2D eigenvalue weighted by molar-refractivity contribution is -0.371. The second kappa shape index (κ2) is 14.4. The summed E-state index contributed by atoms with van der Waals surface area (Å²) < 4.78 is 60.8. The molecule has 0 aromatic carbocycles. The van der Waals surface area contributed by atoms with Gasteiger partial charge in [-0.05, 0) is 19.9 Å². The third kappa shape index (κ3) is 8.68. The molecular formula is C21H42N4O15S. The second-order valence-electron chi connectivity index (χ2n) is 10.5. The Bertz CT molecular complexity index is 929. The average molecular weight is 623 g/mol. The Morgan fingerprint density at radius 2 is 1.41 bits per heavy atom. The fraction of sp³-hybridized carbons (Fsp3) is 1.00. The molecule has 1 aliphatic carbocycles. The van der Waals surface area contributed by atoms with E-state index < -0.39 is 108 Å². The van der Waals surface area contributed by atoms with Crippen molar-refractivity contribution in [3.8, 4) is 0 Å². The van der Waals surface area contributed by atoms with Crippen LogP contribution >= 0.6 is 0 Å². The molecule has 4 rings (SSSR count). The van der Waals surface area contributed by atoms with E-state index in [-0.39, 0.29) is 25.9 Å². The molecule has 0 aromatic heterocycles. The predicted molar refractivity (Wildman–Crippen MR) is 134 cm³/mol. The zero-order valence-electron chi connectivity index (χ0n) is 22.1. The minimum Gasteiger partial charge on any atom is -0.394 e. The monoisotopic (exact) mass is 622 g/mol. The van der Waals surface area contributed by atoms with Gasteiger partial charge in [0.05, 0.1) is 43.1 Å². The fourth-order valence-electron chi connectivity index (χ4n) is 5.37. The normalized spacial score (nSPS) is 49.0. The first-order valence-electron chi connectivity index (χ1n) is 13.0. The summed E-state index contributed by atoms with van der Waals surface area (Å²) in [4.78, 5) is 0. The van der Waals surface area contributed by atoms with Crippen LogP contribution in [-0.2, 0) is 34.1 Å². The lowest BCUT2D eigenvalue weighted by Crippen LogP contribution is -2.69. The number of hydrogen-bond acceptors (Lipinski definition) is 17. The summed E-state index contributed by atoms with van der Waals surface area (Å²) in [6.45, 7) is -0.371. The van der Waals surface area contributed by atoms with Crippen LogP contribution in [0.4, 0.5) is 0 Å². The number of likely N-dealkylation sites (N-methyl/N-ethyl adjacent to an activating group) is 1. The molecular weight excluding hydrogens is 580 g/mol. The van der Waals surface area contributed by atoms with Gasteiger partial charge in [-0.15, -0.1) is 0 Å². The van der Waals surface area contributed by atoms with Crippen molar-refractivity contribution in [2.75, 3.05) is 13.7 Å². The highest BCUT2D eigenvalue weighted by molar-refractivity contribution is 7.79. The number of nitrogens with two attached hydrogens (primary N) is 3. The highest BCUT2D eigenvalue weighted by Gasteiger charge is 2.53. The van der Waals surface area contributed by atoms with Crippen molar-refractivity contribution >= 4 is 10.4 Å². The number of ether oxygens (including phenoxy) is 5. The van der Waals surface area contributed by atoms with E-state index in [9.17, 15) is 30.6 Å². The van der Waals surface area contributed by atoms with Crippen LogP contribution in [0.3, 0.4) is 0 Å². The van der Waals surface area contributed by atoms with Crippen LogP contribution in [0, 0.1) is 0 Å². The van der Waals surface area contributed by atoms with Crippen LogP contribution in [-0.4, -0.2) is 160 Å². The van der Waals surface area contributed by atoms with Gasteiger partial charge in [0.15, 0.2) is 18.9 Å². The molecule has 3 saturated heterocycles. The van der Waals surface area contributed by atoms with E-state index in [4.69, 9.17) is 58.4 Å². The molecule has 16 atom stereocenters. The van der Waals surface area contributed by atoms with Crippen LogP contribution in [0.15, 0.2) is 0 Å². The molecule has 4 aliphatic rings. The summed E-state index contributed by atoms with van der Waals surface area (Å²) in [5.74, 6) is 0. The highest BCUT2D eigenvalue weighted by atomic mass is 32.3. The molecule has 1 saturated carbocycles. The van der Waals surface area contributed by atoms with Crippen LogP contribution in [0.25, 0.3) is 0 Å². The van der Waals surface area contributed by atoms with Gasteiger partial charge in [-0.3, -0.25) is 9.11 Å². The number of aliphatic hydroxyl groups is 6. The maximum Gasteiger partial charge on any atom is 0.394 e. The highest BCUT2D eigenvalue weighted by Crippen LogP contribution is 2.35. The largest absolute Gasteiger partial charge is 0.394 e. The lowest BCUT2D eigenvalue weighted by Gasteiger charge is -2.51. The molecule has 0 aromatic rings. The van der Waals surface area contributed by atoms with E-state index in [0.717, 1.165) is 0 Å². The zero-order valence-corrected chi connectivity index (χ0v) is 23.0. The summed E-state index contributed by atoms with van der Waals surface area (Å²) in [6, 6.07) is -2.94. The van der Waals surface area contributed by atoms with Gasteiger partial charge in [-0.1, -0.05) is 0 Å². The maximum atomic E-state index is 11.1. The third-order valence-electron chi connectivity index (χ3n) is 7.51. The van der Waals surface area contributed by atoms with E-state index >= 15 is 0 Å². The first-order chi connectivity index (χ1) is 19.0. The molecule has 0 amide bonds. The summed E-state index contributed by atoms with van der Waals surface area (Å²) in [7, 11) is -3.10. The maximum absolute atomic E-state index is 11.1. The van der Waals surface area contributed by atoms with Crippen molar-refractivity contribution in [2.24, 2.45) is 17.2 Å². The Morgan fingerprint density at radius 1 is 0.780 bits per heavy atom. The van der Waals surface area contributed by atoms with E-state index in [1.165, 1.54) is 0 Å². The van der Waals surface area contributed by atoms with Gasteiger partial charge in [0, 0.05) is 18.5 Å². The molecule has 3 heterocycles. The first kappa shape index (κ1) is 34.8. The van der Waals surface area contributed by atoms with Gasteiger partial charge >= 0.3 is 10.4 Å². The number of aliphatic hydroxyl groups excluding tert-OH is 6. The van der Waals surface area contributed by atoms with E-state index in [2.05, 4.69) is 5.32 Å². The summed E-state index contributed by atoms with van der Waals surface area (Å²) in [5.41, 5.74) is 18.2. The van der Waals surface area contributed by atoms with Crippen molar-refractivity contribution < 1.29 is 71.8 Å². The van der Waals surface area contributed by atoms with Crippen molar-refractivity contribution in [3.63, 3.8) is 0 Å². The Labute approximate surface area is 236 Å². The molecule has 4 fully saturated rings. The molecule has 41 heavy (non-hydrogen) atoms. The Hall–Kier alpha value is -0.730. The van der Waals surface area contributed by atoms with Gasteiger partial charge in [0.25, 0.3) is 0 Å². The van der Waals surface area contributed by atoms with Gasteiger partial charge in [0.2, 0.25) is 0 Å². The summed E-state index contributed by atoms with van der Waals surface area (Å²) in [6.07, 6.45) is -12.7. The van der Waals surface area contributed by atoms with Gasteiger partial charge in [-0.25, -0.2) is 0 Å². The molecule has 0 bridgehead atoms. The molecule has 3 aliphatic heterocycles. The molecule has 242 valence electrons. The van der Waals surface area contributed by atoms with Crippen molar-refractivity contribution in [2.45, 2.75) is 117 Å². The average Bonchev–Trinajstić information content (AvgIpc) is 2.87. The molecule has 19 nitrogen and oxygen atoms in total.